The Morgan fingerprint density at radius 2 is 1.60 bits per heavy atom. The van der Waals surface area contributed by atoms with Gasteiger partial charge in [-0.15, -0.1) is 0 Å². The summed E-state index contributed by atoms with van der Waals surface area (Å²) in [4.78, 5) is 24.7. The molecule has 10 nitrogen and oxygen atoms in total. The highest BCUT2D eigenvalue weighted by molar-refractivity contribution is 5.81. The normalized spacial score (nSPS) is 51.2. The van der Waals surface area contributed by atoms with Gasteiger partial charge in [0.15, 0.2) is 0 Å². The average Bonchev–Trinajstić information content (AvgIpc) is 3.31. The van der Waals surface area contributed by atoms with Gasteiger partial charge >= 0.3 is 5.97 Å². The van der Waals surface area contributed by atoms with Gasteiger partial charge in [-0.25, -0.2) is 0 Å². The maximum atomic E-state index is 13.4. The Balaban J connectivity index is 1.28. The molecule has 1 aliphatic heterocycles. The molecule has 1 heterocycles. The molecule has 0 unspecified atom stereocenters. The van der Waals surface area contributed by atoms with E-state index in [4.69, 9.17) is 4.74 Å². The second-order valence-corrected chi connectivity index (χ2v) is 15.0. The maximum Gasteiger partial charge on any atom is 0.303 e. The van der Waals surface area contributed by atoms with E-state index in [0.717, 1.165) is 19.3 Å². The quantitative estimate of drug-likeness (QED) is 0.217. The number of hydrogen-bond acceptors (Lipinski definition) is 9. The van der Waals surface area contributed by atoms with Crippen LogP contribution in [0, 0.1) is 52.3 Å². The molecule has 5 aliphatic rings. The SMILES string of the molecule is C[C@H](CCC(=O)O)[C@H]1CC[C@H]2[C@@H]3[C@H](O)C[C@@H]4C[C@H](C(=O)C[C@@H]5O[C@H](CO)[C@@H](O)[C@H](O)[C@H]5O)CC[C@]4(C)[C@H]3C[C@H](O)[C@]12C. The molecule has 0 bridgehead atoms. The van der Waals surface area contributed by atoms with Crippen molar-refractivity contribution in [1.29, 1.82) is 0 Å². The minimum Gasteiger partial charge on any atom is -0.481 e. The molecule has 5 fully saturated rings. The fraction of sp³-hybridized carbons (Fsp3) is 0.938. The van der Waals surface area contributed by atoms with Crippen molar-refractivity contribution >= 4 is 11.8 Å². The van der Waals surface area contributed by atoms with Crippen LogP contribution < -0.4 is 0 Å². The van der Waals surface area contributed by atoms with Crippen LogP contribution in [-0.2, 0) is 14.3 Å². The zero-order valence-corrected chi connectivity index (χ0v) is 25.2. The van der Waals surface area contributed by atoms with Crippen molar-refractivity contribution in [2.75, 3.05) is 6.61 Å². The molecule has 0 radical (unpaired) electrons. The van der Waals surface area contributed by atoms with Crippen LogP contribution in [0.4, 0.5) is 0 Å². The van der Waals surface area contributed by atoms with Gasteiger partial charge in [0.2, 0.25) is 0 Å². The van der Waals surface area contributed by atoms with Gasteiger partial charge in [0, 0.05) is 18.8 Å². The number of rotatable bonds is 8. The van der Waals surface area contributed by atoms with Gasteiger partial charge in [0.05, 0.1) is 24.9 Å². The number of hydrogen-bond donors (Lipinski definition) is 7. The first-order valence-electron chi connectivity index (χ1n) is 16.1. The number of ketones is 1. The summed E-state index contributed by atoms with van der Waals surface area (Å²) in [6, 6.07) is 0. The topological polar surface area (TPSA) is 185 Å². The first-order valence-corrected chi connectivity index (χ1v) is 16.1. The molecule has 0 aromatic rings. The highest BCUT2D eigenvalue weighted by Gasteiger charge is 2.66. The Hall–Kier alpha value is -1.14. The predicted octanol–water partition coefficient (Wildman–Crippen LogP) is 1.51. The predicted molar refractivity (Wildman–Crippen MR) is 151 cm³/mol. The lowest BCUT2D eigenvalue weighted by Crippen LogP contribution is -2.62. The average molecular weight is 597 g/mol. The summed E-state index contributed by atoms with van der Waals surface area (Å²) in [5.41, 5.74) is -0.485. The van der Waals surface area contributed by atoms with Gasteiger partial charge in [-0.3, -0.25) is 9.59 Å². The Bertz CT molecular complexity index is 1000. The second kappa shape index (κ2) is 12.0. The van der Waals surface area contributed by atoms with Gasteiger partial charge < -0.3 is 40.5 Å². The molecular weight excluding hydrogens is 544 g/mol. The van der Waals surface area contributed by atoms with E-state index in [9.17, 15) is 45.3 Å². The van der Waals surface area contributed by atoms with Gasteiger partial charge in [0.1, 0.15) is 30.2 Å². The van der Waals surface area contributed by atoms with Gasteiger partial charge in [0.25, 0.3) is 0 Å². The fourth-order valence-corrected chi connectivity index (χ4v) is 10.7. The summed E-state index contributed by atoms with van der Waals surface area (Å²) in [7, 11) is 0. The number of Topliss-reactive ketones (excluding diaryl/α,β-unsaturated/α-hetero) is 1. The van der Waals surface area contributed by atoms with Gasteiger partial charge in [-0.05, 0) is 97.7 Å². The van der Waals surface area contributed by atoms with Gasteiger partial charge in [-0.1, -0.05) is 20.8 Å². The Kier molecular flexibility index (Phi) is 9.21. The lowest BCUT2D eigenvalue weighted by Gasteiger charge is -2.63. The van der Waals surface area contributed by atoms with E-state index in [1.54, 1.807) is 0 Å². The molecule has 16 atom stereocenters. The molecule has 1 saturated heterocycles. The van der Waals surface area contributed by atoms with E-state index in [-0.39, 0.29) is 70.9 Å². The molecule has 10 heteroatoms. The van der Waals surface area contributed by atoms with Crippen molar-refractivity contribution in [3.8, 4) is 0 Å². The largest absolute Gasteiger partial charge is 0.481 e. The lowest BCUT2D eigenvalue weighted by molar-refractivity contribution is -0.230. The summed E-state index contributed by atoms with van der Waals surface area (Å²) in [5.74, 6) is -0.285. The first-order chi connectivity index (χ1) is 19.7. The standard InChI is InChI=1S/C32H52O10/c1-15(4-7-26(37)38)18-5-6-19-27-20(12-25(36)32(18,19)3)31(2)9-8-16(10-17(31)11-22(27)35)21(34)13-23-28(39)30(41)29(40)24(14-33)42-23/h15-20,22-25,27-30,33,35-36,39-41H,4-14H2,1-3H3,(H,37,38)/t15-,16-,17+,18-,19+,20+,22-,23+,24-,25+,27+,28+,29-,30-,31+,32-/m1/s1. The molecule has 4 aliphatic carbocycles. The maximum absolute atomic E-state index is 13.4. The van der Waals surface area contributed by atoms with Crippen molar-refractivity contribution < 1.29 is 50.1 Å². The van der Waals surface area contributed by atoms with Crippen LogP contribution in [0.3, 0.4) is 0 Å². The number of ether oxygens (including phenoxy) is 1. The minimum atomic E-state index is -1.51. The van der Waals surface area contributed by atoms with Crippen LogP contribution in [0.2, 0.25) is 0 Å². The van der Waals surface area contributed by atoms with Crippen molar-refractivity contribution in [3.63, 3.8) is 0 Å². The minimum absolute atomic E-state index is 0.0673. The van der Waals surface area contributed by atoms with Crippen LogP contribution in [0.5, 0.6) is 0 Å². The summed E-state index contributed by atoms with van der Waals surface area (Å²) < 4.78 is 5.59. The van der Waals surface area contributed by atoms with Crippen molar-refractivity contribution in [2.45, 2.75) is 128 Å². The molecule has 240 valence electrons. The zero-order valence-electron chi connectivity index (χ0n) is 25.2. The number of aliphatic hydroxyl groups is 6. The monoisotopic (exact) mass is 596 g/mol. The number of fused-ring (bicyclic) bond motifs is 5. The number of carboxylic acids is 1. The Labute approximate surface area is 248 Å². The van der Waals surface area contributed by atoms with Crippen molar-refractivity contribution in [3.05, 3.63) is 0 Å². The van der Waals surface area contributed by atoms with E-state index in [2.05, 4.69) is 20.8 Å². The highest BCUT2D eigenvalue weighted by Crippen LogP contribution is 2.68. The van der Waals surface area contributed by atoms with Crippen molar-refractivity contribution in [1.82, 2.24) is 0 Å². The molecule has 7 N–H and O–H groups in total. The summed E-state index contributed by atoms with van der Waals surface area (Å²) >= 11 is 0. The van der Waals surface area contributed by atoms with E-state index in [1.807, 2.05) is 0 Å². The smallest absolute Gasteiger partial charge is 0.303 e. The van der Waals surface area contributed by atoms with E-state index < -0.39 is 55.3 Å². The Morgan fingerprint density at radius 3 is 2.26 bits per heavy atom. The summed E-state index contributed by atoms with van der Waals surface area (Å²) in [6.45, 7) is 6.02. The van der Waals surface area contributed by atoms with Crippen LogP contribution in [0.15, 0.2) is 0 Å². The van der Waals surface area contributed by atoms with E-state index in [1.165, 1.54) is 0 Å². The molecule has 0 amide bonds. The number of carboxylic acid groups (broad SMARTS) is 1. The summed E-state index contributed by atoms with van der Waals surface area (Å²) in [5, 5.41) is 72.8. The van der Waals surface area contributed by atoms with E-state index >= 15 is 0 Å². The number of aliphatic carboxylic acids is 1. The fourth-order valence-electron chi connectivity index (χ4n) is 10.7. The lowest BCUT2D eigenvalue weighted by atomic mass is 9.42. The number of carbonyl (C=O) groups excluding carboxylic acids is 1. The van der Waals surface area contributed by atoms with Crippen LogP contribution in [0.25, 0.3) is 0 Å². The van der Waals surface area contributed by atoms with Crippen LogP contribution in [-0.4, -0.2) is 96.8 Å². The molecule has 0 spiro atoms. The zero-order chi connectivity index (χ0) is 30.7. The molecule has 4 saturated carbocycles. The third kappa shape index (κ3) is 5.26. The molecular formula is C32H52O10. The molecule has 5 rings (SSSR count). The number of aliphatic hydroxyl groups excluding tert-OH is 6. The molecule has 42 heavy (non-hydrogen) atoms. The van der Waals surface area contributed by atoms with Crippen LogP contribution in [0.1, 0.15) is 85.0 Å². The molecule has 0 aromatic heterocycles. The third-order valence-electron chi connectivity index (χ3n) is 13.2. The van der Waals surface area contributed by atoms with Gasteiger partial charge in [-0.2, -0.15) is 0 Å². The van der Waals surface area contributed by atoms with Crippen LogP contribution >= 0.6 is 0 Å². The second-order valence-electron chi connectivity index (χ2n) is 15.0. The first kappa shape index (κ1) is 32.3. The molecule has 0 aromatic carbocycles. The third-order valence-corrected chi connectivity index (χ3v) is 13.2. The van der Waals surface area contributed by atoms with E-state index in [0.29, 0.717) is 32.1 Å². The Morgan fingerprint density at radius 1 is 0.905 bits per heavy atom. The number of carbonyl (C=O) groups is 2. The summed E-state index contributed by atoms with van der Waals surface area (Å²) in [6.07, 6.45) is -1.79. The highest BCUT2D eigenvalue weighted by atomic mass is 16.5. The van der Waals surface area contributed by atoms with Crippen molar-refractivity contribution in [2.24, 2.45) is 52.3 Å².